The summed E-state index contributed by atoms with van der Waals surface area (Å²) in [5.74, 6) is 0.848. The van der Waals surface area contributed by atoms with Gasteiger partial charge in [-0.1, -0.05) is 12.1 Å². The van der Waals surface area contributed by atoms with E-state index in [1.165, 1.54) is 11.1 Å². The number of fused-ring (bicyclic) bond motifs is 1. The van der Waals surface area contributed by atoms with E-state index < -0.39 is 0 Å². The number of aromatic nitrogens is 2. The van der Waals surface area contributed by atoms with Gasteiger partial charge in [-0.05, 0) is 66.9 Å². The molecule has 1 N–H and O–H groups in total. The lowest BCUT2D eigenvalue weighted by Crippen LogP contribution is -1.95. The van der Waals surface area contributed by atoms with Crippen LogP contribution in [-0.4, -0.2) is 23.1 Å². The summed E-state index contributed by atoms with van der Waals surface area (Å²) < 4.78 is 5.25. The Labute approximate surface area is 152 Å². The van der Waals surface area contributed by atoms with Crippen molar-refractivity contribution >= 4 is 11.9 Å². The van der Waals surface area contributed by atoms with Gasteiger partial charge in [0.05, 0.1) is 18.5 Å². The molecule has 1 aliphatic carbocycles. The molecule has 0 unspecified atom stereocenters. The largest absolute Gasteiger partial charge is 0.497 e. The Morgan fingerprint density at radius 1 is 1.08 bits per heavy atom. The van der Waals surface area contributed by atoms with E-state index in [1.54, 1.807) is 7.11 Å². The zero-order valence-corrected chi connectivity index (χ0v) is 15.1. The van der Waals surface area contributed by atoms with Crippen LogP contribution in [0.2, 0.25) is 0 Å². The number of aromatic amines is 1. The number of allylic oxidation sites excluding steroid dienone is 1. The topological polar surface area (TPSA) is 55.0 Å². The molecule has 1 aliphatic rings. The summed E-state index contributed by atoms with van der Waals surface area (Å²) >= 11 is 0. The molecule has 4 nitrogen and oxygen atoms in total. The Hall–Kier alpha value is -3.14. The van der Waals surface area contributed by atoms with Crippen LogP contribution in [0, 0.1) is 13.8 Å². The number of Topliss-reactive ketones (excluding diaryl/α,β-unsaturated/α-hetero) is 1. The summed E-state index contributed by atoms with van der Waals surface area (Å²) in [5.41, 5.74) is 7.81. The van der Waals surface area contributed by atoms with Crippen LogP contribution in [0.15, 0.2) is 48.0 Å². The standard InChI is InChI=1S/C22H20N2O2/c1-13-4-5-15(8-14(13)2)21-12-18(23-24-21)10-17-9-16-11-19(26-3)6-7-20(16)22(17)25/h4-8,10-12H,9H2,1-3H3,(H,23,24). The van der Waals surface area contributed by atoms with E-state index in [-0.39, 0.29) is 5.78 Å². The Morgan fingerprint density at radius 3 is 2.69 bits per heavy atom. The second-order valence-corrected chi connectivity index (χ2v) is 6.71. The summed E-state index contributed by atoms with van der Waals surface area (Å²) in [4.78, 5) is 12.6. The number of methoxy groups -OCH3 is 1. The number of nitrogens with one attached hydrogen (secondary N) is 1. The Bertz CT molecular complexity index is 1040. The molecule has 0 amide bonds. The summed E-state index contributed by atoms with van der Waals surface area (Å²) in [5, 5.41) is 7.43. The van der Waals surface area contributed by atoms with Crippen LogP contribution in [0.25, 0.3) is 17.3 Å². The van der Waals surface area contributed by atoms with Crippen LogP contribution in [0.1, 0.15) is 32.7 Å². The van der Waals surface area contributed by atoms with Gasteiger partial charge in [-0.2, -0.15) is 5.10 Å². The lowest BCUT2D eigenvalue weighted by Gasteiger charge is -2.01. The van der Waals surface area contributed by atoms with Gasteiger partial charge in [-0.15, -0.1) is 0 Å². The predicted molar refractivity (Wildman–Crippen MR) is 103 cm³/mol. The molecule has 3 aromatic rings. The second kappa shape index (κ2) is 6.30. The highest BCUT2D eigenvalue weighted by molar-refractivity contribution is 6.15. The fraction of sp³-hybridized carbons (Fsp3) is 0.182. The molecule has 1 heterocycles. The lowest BCUT2D eigenvalue weighted by molar-refractivity contribution is 0.104. The SMILES string of the molecule is COc1ccc2c(c1)CC(=Cc1cc(-c3ccc(C)c(C)c3)n[nH]1)C2=O. The van der Waals surface area contributed by atoms with E-state index >= 15 is 0 Å². The van der Waals surface area contributed by atoms with Gasteiger partial charge in [-0.25, -0.2) is 0 Å². The molecule has 4 rings (SSSR count). The van der Waals surface area contributed by atoms with Crippen molar-refractivity contribution in [3.63, 3.8) is 0 Å². The van der Waals surface area contributed by atoms with Gasteiger partial charge in [0.25, 0.3) is 0 Å². The number of rotatable bonds is 3. The van der Waals surface area contributed by atoms with Gasteiger partial charge in [0.15, 0.2) is 5.78 Å². The highest BCUT2D eigenvalue weighted by Gasteiger charge is 2.25. The number of ether oxygens (including phenoxy) is 1. The van der Waals surface area contributed by atoms with Crippen molar-refractivity contribution in [3.05, 3.63) is 76.0 Å². The van der Waals surface area contributed by atoms with Crippen LogP contribution in [-0.2, 0) is 6.42 Å². The second-order valence-electron chi connectivity index (χ2n) is 6.71. The maximum absolute atomic E-state index is 12.6. The van der Waals surface area contributed by atoms with Crippen molar-refractivity contribution in [1.29, 1.82) is 0 Å². The molecule has 0 fully saturated rings. The molecule has 0 aliphatic heterocycles. The summed E-state index contributed by atoms with van der Waals surface area (Å²) in [6.45, 7) is 4.19. The summed E-state index contributed by atoms with van der Waals surface area (Å²) in [7, 11) is 1.63. The van der Waals surface area contributed by atoms with E-state index in [0.29, 0.717) is 6.42 Å². The van der Waals surface area contributed by atoms with Crippen molar-refractivity contribution in [1.82, 2.24) is 10.2 Å². The van der Waals surface area contributed by atoms with Crippen LogP contribution in [0.4, 0.5) is 0 Å². The quantitative estimate of drug-likeness (QED) is 0.711. The zero-order valence-electron chi connectivity index (χ0n) is 15.1. The van der Waals surface area contributed by atoms with Crippen LogP contribution >= 0.6 is 0 Å². The molecule has 0 radical (unpaired) electrons. The summed E-state index contributed by atoms with van der Waals surface area (Å²) in [6.07, 6.45) is 2.51. The van der Waals surface area contributed by atoms with Gasteiger partial charge < -0.3 is 4.74 Å². The number of nitrogens with zero attached hydrogens (tertiary/aromatic N) is 1. The Balaban J connectivity index is 1.63. The number of carbonyl (C=O) groups excluding carboxylic acids is 1. The van der Waals surface area contributed by atoms with Crippen molar-refractivity contribution in [2.45, 2.75) is 20.3 Å². The molecule has 2 aromatic carbocycles. The number of ketones is 1. The van der Waals surface area contributed by atoms with Crippen molar-refractivity contribution in [3.8, 4) is 17.0 Å². The molecule has 0 bridgehead atoms. The molecular weight excluding hydrogens is 324 g/mol. The van der Waals surface area contributed by atoms with Crippen molar-refractivity contribution < 1.29 is 9.53 Å². The molecule has 4 heteroatoms. The number of H-pyrrole nitrogens is 1. The minimum absolute atomic E-state index is 0.0741. The smallest absolute Gasteiger partial charge is 0.189 e. The van der Waals surface area contributed by atoms with Crippen LogP contribution < -0.4 is 4.74 Å². The van der Waals surface area contributed by atoms with E-state index in [1.807, 2.05) is 30.3 Å². The van der Waals surface area contributed by atoms with E-state index in [4.69, 9.17) is 4.74 Å². The van der Waals surface area contributed by atoms with E-state index in [0.717, 1.165) is 39.4 Å². The first-order valence-corrected chi connectivity index (χ1v) is 8.60. The molecule has 1 aromatic heterocycles. The number of hydrogen-bond acceptors (Lipinski definition) is 3. The molecule has 26 heavy (non-hydrogen) atoms. The van der Waals surface area contributed by atoms with Crippen molar-refractivity contribution in [2.24, 2.45) is 0 Å². The minimum Gasteiger partial charge on any atom is -0.497 e. The third-order valence-electron chi connectivity index (χ3n) is 4.96. The minimum atomic E-state index is 0.0741. The maximum atomic E-state index is 12.6. The van der Waals surface area contributed by atoms with Crippen LogP contribution in [0.3, 0.4) is 0 Å². The number of benzene rings is 2. The molecule has 0 spiro atoms. The Kier molecular flexibility index (Phi) is 3.96. The van der Waals surface area contributed by atoms with E-state index in [2.05, 4.69) is 42.2 Å². The molecule has 0 saturated heterocycles. The molecule has 0 saturated carbocycles. The van der Waals surface area contributed by atoms with E-state index in [9.17, 15) is 4.79 Å². The lowest BCUT2D eigenvalue weighted by atomic mass is 10.0. The first-order chi connectivity index (χ1) is 12.5. The average Bonchev–Trinajstić information content (AvgIpc) is 3.22. The fourth-order valence-corrected chi connectivity index (χ4v) is 3.29. The maximum Gasteiger partial charge on any atom is 0.189 e. The first kappa shape index (κ1) is 16.3. The highest BCUT2D eigenvalue weighted by atomic mass is 16.5. The number of carbonyl (C=O) groups is 1. The fourth-order valence-electron chi connectivity index (χ4n) is 3.29. The van der Waals surface area contributed by atoms with Crippen molar-refractivity contribution in [2.75, 3.05) is 7.11 Å². The van der Waals surface area contributed by atoms with Gasteiger partial charge in [0.2, 0.25) is 0 Å². The number of aryl methyl sites for hydroxylation is 2. The average molecular weight is 344 g/mol. The van der Waals surface area contributed by atoms with Gasteiger partial charge in [0.1, 0.15) is 5.75 Å². The van der Waals surface area contributed by atoms with Gasteiger partial charge in [-0.3, -0.25) is 9.89 Å². The van der Waals surface area contributed by atoms with Gasteiger partial charge >= 0.3 is 0 Å². The predicted octanol–water partition coefficient (Wildman–Crippen LogP) is 4.52. The van der Waals surface area contributed by atoms with Crippen LogP contribution in [0.5, 0.6) is 5.75 Å². The first-order valence-electron chi connectivity index (χ1n) is 8.60. The molecular formula is C22H20N2O2. The number of hydrogen-bond donors (Lipinski definition) is 1. The molecule has 0 atom stereocenters. The monoisotopic (exact) mass is 344 g/mol. The highest BCUT2D eigenvalue weighted by Crippen LogP contribution is 2.31. The van der Waals surface area contributed by atoms with Gasteiger partial charge in [0, 0.05) is 23.1 Å². The molecule has 130 valence electrons. The zero-order chi connectivity index (χ0) is 18.3. The third-order valence-corrected chi connectivity index (χ3v) is 4.96. The third kappa shape index (κ3) is 2.84. The summed E-state index contributed by atoms with van der Waals surface area (Å²) in [6, 6.07) is 13.9. The Morgan fingerprint density at radius 2 is 1.92 bits per heavy atom. The normalized spacial score (nSPS) is 14.7.